The molecule has 1 saturated heterocycles. The Morgan fingerprint density at radius 2 is 1.94 bits per heavy atom. The minimum absolute atomic E-state index is 0.320. The van der Waals surface area contributed by atoms with Crippen LogP contribution in [0.15, 0.2) is 0 Å². The molecule has 2 nitrogen and oxygen atoms in total. The molecule has 0 saturated carbocycles. The van der Waals surface area contributed by atoms with Crippen molar-refractivity contribution in [3.8, 4) is 0 Å². The molecule has 1 heterocycles. The molecular weight excluding hydrogens is 230 g/mol. The van der Waals surface area contributed by atoms with Crippen molar-refractivity contribution in [1.82, 2.24) is 4.90 Å². The zero-order valence-electron chi connectivity index (χ0n) is 11.5. The third-order valence-electron chi connectivity index (χ3n) is 4.14. The predicted molar refractivity (Wildman–Crippen MR) is 77.8 cm³/mol. The highest BCUT2D eigenvalue weighted by molar-refractivity contribution is 7.80. The number of aliphatic hydroxyl groups excluding tert-OH is 1. The van der Waals surface area contributed by atoms with E-state index in [2.05, 4.69) is 31.4 Å². The molecule has 1 rings (SSSR count). The van der Waals surface area contributed by atoms with Gasteiger partial charge in [-0.05, 0) is 43.4 Å². The van der Waals surface area contributed by atoms with Gasteiger partial charge in [-0.3, -0.25) is 4.90 Å². The molecule has 0 radical (unpaired) electrons. The van der Waals surface area contributed by atoms with Crippen LogP contribution in [-0.4, -0.2) is 41.5 Å². The first-order valence-electron chi connectivity index (χ1n) is 7.17. The maximum atomic E-state index is 9.41. The number of rotatable bonds is 8. The molecule has 0 amide bonds. The monoisotopic (exact) mass is 259 g/mol. The van der Waals surface area contributed by atoms with Gasteiger partial charge in [-0.25, -0.2) is 0 Å². The fourth-order valence-electron chi connectivity index (χ4n) is 3.29. The quantitative estimate of drug-likeness (QED) is 0.655. The summed E-state index contributed by atoms with van der Waals surface area (Å²) >= 11 is 4.61. The maximum Gasteiger partial charge on any atom is 0.0586 e. The second-order valence-corrected chi connectivity index (χ2v) is 5.92. The molecular formula is C14H29NOS. The van der Waals surface area contributed by atoms with Crippen molar-refractivity contribution in [2.75, 3.05) is 25.4 Å². The van der Waals surface area contributed by atoms with Gasteiger partial charge in [0.15, 0.2) is 0 Å². The zero-order chi connectivity index (χ0) is 12.7. The molecule has 0 aromatic rings. The Hall–Kier alpha value is 0.270. The van der Waals surface area contributed by atoms with Crippen LogP contribution in [-0.2, 0) is 0 Å². The highest BCUT2D eigenvalue weighted by Crippen LogP contribution is 2.34. The van der Waals surface area contributed by atoms with Crippen molar-refractivity contribution in [3.05, 3.63) is 0 Å². The van der Waals surface area contributed by atoms with Crippen LogP contribution in [0.3, 0.4) is 0 Å². The molecule has 1 fully saturated rings. The Balaban J connectivity index is 2.63. The zero-order valence-corrected chi connectivity index (χ0v) is 12.4. The summed E-state index contributed by atoms with van der Waals surface area (Å²) < 4.78 is 0. The van der Waals surface area contributed by atoms with Gasteiger partial charge < -0.3 is 5.11 Å². The first kappa shape index (κ1) is 15.3. The SMILES string of the molecule is CCCC(CS)(CCC)CN1CCCC1CO. The third kappa shape index (κ3) is 4.15. The second kappa shape index (κ2) is 7.65. The van der Waals surface area contributed by atoms with Crippen molar-refractivity contribution in [2.24, 2.45) is 5.41 Å². The standard InChI is InChI=1S/C14H29NOS/c1-3-7-14(12-17,8-4-2)11-15-9-5-6-13(15)10-16/h13,16-17H,3-12H2,1-2H3. The Kier molecular flexibility index (Phi) is 6.90. The van der Waals surface area contributed by atoms with Crippen LogP contribution in [0.25, 0.3) is 0 Å². The number of thiol groups is 1. The van der Waals surface area contributed by atoms with Crippen molar-refractivity contribution in [3.63, 3.8) is 0 Å². The number of likely N-dealkylation sites (tertiary alicyclic amines) is 1. The van der Waals surface area contributed by atoms with Crippen LogP contribution in [0.4, 0.5) is 0 Å². The minimum atomic E-state index is 0.320. The van der Waals surface area contributed by atoms with Crippen molar-refractivity contribution in [1.29, 1.82) is 0 Å². The number of hydrogen-bond donors (Lipinski definition) is 2. The Bertz CT molecular complexity index is 204. The molecule has 0 aromatic carbocycles. The summed E-state index contributed by atoms with van der Waals surface area (Å²) in [6, 6.07) is 0.406. The van der Waals surface area contributed by atoms with E-state index in [0.29, 0.717) is 18.1 Å². The van der Waals surface area contributed by atoms with Crippen molar-refractivity contribution < 1.29 is 5.11 Å². The van der Waals surface area contributed by atoms with Crippen LogP contribution in [0, 0.1) is 5.41 Å². The highest BCUT2D eigenvalue weighted by Gasteiger charge is 2.33. The Morgan fingerprint density at radius 1 is 1.29 bits per heavy atom. The van der Waals surface area contributed by atoms with E-state index in [1.807, 2.05) is 0 Å². The molecule has 102 valence electrons. The molecule has 1 atom stereocenters. The summed E-state index contributed by atoms with van der Waals surface area (Å²) in [6.45, 7) is 7.14. The number of nitrogens with zero attached hydrogens (tertiary/aromatic N) is 1. The van der Waals surface area contributed by atoms with Gasteiger partial charge in [-0.15, -0.1) is 0 Å². The van der Waals surface area contributed by atoms with E-state index >= 15 is 0 Å². The lowest BCUT2D eigenvalue weighted by Gasteiger charge is -2.38. The minimum Gasteiger partial charge on any atom is -0.395 e. The summed E-state index contributed by atoms with van der Waals surface area (Å²) in [5.74, 6) is 0.976. The van der Waals surface area contributed by atoms with E-state index in [4.69, 9.17) is 0 Å². The summed E-state index contributed by atoms with van der Waals surface area (Å²) in [6.07, 6.45) is 7.40. The van der Waals surface area contributed by atoms with Crippen molar-refractivity contribution >= 4 is 12.6 Å². The summed E-state index contributed by atoms with van der Waals surface area (Å²) in [4.78, 5) is 2.50. The topological polar surface area (TPSA) is 23.5 Å². The van der Waals surface area contributed by atoms with Crippen LogP contribution in [0.1, 0.15) is 52.4 Å². The third-order valence-corrected chi connectivity index (χ3v) is 4.82. The van der Waals surface area contributed by atoms with Gasteiger partial charge in [0.05, 0.1) is 6.61 Å². The van der Waals surface area contributed by atoms with E-state index in [0.717, 1.165) is 25.3 Å². The Morgan fingerprint density at radius 3 is 2.41 bits per heavy atom. The maximum absolute atomic E-state index is 9.41. The van der Waals surface area contributed by atoms with Gasteiger partial charge >= 0.3 is 0 Å². The van der Waals surface area contributed by atoms with Crippen LogP contribution >= 0.6 is 12.6 Å². The summed E-state index contributed by atoms with van der Waals surface area (Å²) in [5, 5.41) is 9.41. The van der Waals surface area contributed by atoms with Gasteiger partial charge in [0.25, 0.3) is 0 Å². The lowest BCUT2D eigenvalue weighted by atomic mass is 9.80. The van der Waals surface area contributed by atoms with Gasteiger partial charge in [0, 0.05) is 12.6 Å². The smallest absolute Gasteiger partial charge is 0.0586 e. The van der Waals surface area contributed by atoms with E-state index < -0.39 is 0 Å². The van der Waals surface area contributed by atoms with E-state index in [-0.39, 0.29) is 0 Å². The van der Waals surface area contributed by atoms with Gasteiger partial charge in [0.2, 0.25) is 0 Å². The van der Waals surface area contributed by atoms with E-state index in [1.165, 1.54) is 32.1 Å². The van der Waals surface area contributed by atoms with Crippen LogP contribution in [0.2, 0.25) is 0 Å². The number of hydrogen-bond acceptors (Lipinski definition) is 3. The van der Waals surface area contributed by atoms with Crippen LogP contribution < -0.4 is 0 Å². The van der Waals surface area contributed by atoms with E-state index in [1.54, 1.807) is 0 Å². The molecule has 0 bridgehead atoms. The predicted octanol–water partition coefficient (Wildman–Crippen LogP) is 2.96. The fraction of sp³-hybridized carbons (Fsp3) is 1.00. The summed E-state index contributed by atoms with van der Waals surface area (Å²) in [7, 11) is 0. The van der Waals surface area contributed by atoms with Gasteiger partial charge in [0.1, 0.15) is 0 Å². The molecule has 0 aromatic heterocycles. The summed E-state index contributed by atoms with van der Waals surface area (Å²) in [5.41, 5.74) is 0.365. The van der Waals surface area contributed by atoms with Crippen LogP contribution in [0.5, 0.6) is 0 Å². The average molecular weight is 259 g/mol. The normalized spacial score (nSPS) is 22.2. The molecule has 0 spiro atoms. The molecule has 3 heteroatoms. The molecule has 1 aliphatic heterocycles. The Labute approximate surface area is 112 Å². The van der Waals surface area contributed by atoms with Crippen molar-refractivity contribution in [2.45, 2.75) is 58.4 Å². The molecule has 1 unspecified atom stereocenters. The fourth-order valence-corrected chi connectivity index (χ4v) is 3.71. The first-order chi connectivity index (χ1) is 8.21. The average Bonchev–Trinajstić information content (AvgIpc) is 2.76. The number of aliphatic hydroxyl groups is 1. The van der Waals surface area contributed by atoms with Gasteiger partial charge in [-0.2, -0.15) is 12.6 Å². The van der Waals surface area contributed by atoms with Gasteiger partial charge in [-0.1, -0.05) is 26.7 Å². The lowest BCUT2D eigenvalue weighted by molar-refractivity contribution is 0.101. The lowest BCUT2D eigenvalue weighted by Crippen LogP contribution is -2.42. The van der Waals surface area contributed by atoms with E-state index in [9.17, 15) is 5.11 Å². The molecule has 17 heavy (non-hydrogen) atoms. The first-order valence-corrected chi connectivity index (χ1v) is 7.80. The molecule has 1 N–H and O–H groups in total. The highest BCUT2D eigenvalue weighted by atomic mass is 32.1. The molecule has 0 aliphatic carbocycles. The molecule has 1 aliphatic rings. The largest absolute Gasteiger partial charge is 0.395 e. The second-order valence-electron chi connectivity index (χ2n) is 5.61.